The van der Waals surface area contributed by atoms with E-state index in [1.165, 1.54) is 38.3 Å². The van der Waals surface area contributed by atoms with Crippen LogP contribution in [0.2, 0.25) is 0 Å². The number of anilines is 1. The first-order valence-corrected chi connectivity index (χ1v) is 6.75. The molecular weight excluding hydrogens is 320 g/mol. The normalized spacial score (nSPS) is 11.6. The van der Waals surface area contributed by atoms with E-state index in [4.69, 9.17) is 9.84 Å². The topological polar surface area (TPSA) is 137 Å². The van der Waals surface area contributed by atoms with Gasteiger partial charge in [-0.3, -0.25) is 14.9 Å². The maximum atomic E-state index is 12.2. The van der Waals surface area contributed by atoms with Crippen LogP contribution in [0.4, 0.5) is 11.4 Å². The molecule has 24 heavy (non-hydrogen) atoms. The van der Waals surface area contributed by atoms with Crippen molar-refractivity contribution in [3.05, 3.63) is 46.1 Å². The molecule has 0 fully saturated rings. The van der Waals surface area contributed by atoms with Gasteiger partial charge in [-0.15, -0.1) is 5.10 Å². The highest BCUT2D eigenvalue weighted by molar-refractivity contribution is 5.94. The summed E-state index contributed by atoms with van der Waals surface area (Å²) >= 11 is 0. The molecule has 1 heterocycles. The number of nitro groups is 1. The zero-order valence-corrected chi connectivity index (χ0v) is 12.8. The van der Waals surface area contributed by atoms with Gasteiger partial charge in [-0.25, -0.2) is 9.48 Å². The zero-order chi connectivity index (χ0) is 17.9. The quantitative estimate of drug-likeness (QED) is 0.606. The van der Waals surface area contributed by atoms with Gasteiger partial charge in [-0.05, 0) is 31.2 Å². The van der Waals surface area contributed by atoms with Crippen LogP contribution in [0.25, 0.3) is 0 Å². The summed E-state index contributed by atoms with van der Waals surface area (Å²) in [5.74, 6) is -1.74. The van der Waals surface area contributed by atoms with Crippen molar-refractivity contribution in [3.63, 3.8) is 0 Å². The van der Waals surface area contributed by atoms with E-state index in [2.05, 4.69) is 10.4 Å². The molecule has 0 saturated heterocycles. The molecule has 2 rings (SSSR count). The minimum absolute atomic E-state index is 0.0912. The SMILES string of the molecule is COc1nn([C@@H](C)C(=O)Nc2ccc(C(=O)O)cc2)cc1[N+](=O)[O-]. The minimum Gasteiger partial charge on any atom is -0.478 e. The molecule has 0 aliphatic rings. The molecule has 0 unspecified atom stereocenters. The van der Waals surface area contributed by atoms with Gasteiger partial charge in [0.1, 0.15) is 12.2 Å². The van der Waals surface area contributed by atoms with Crippen molar-refractivity contribution in [2.24, 2.45) is 0 Å². The summed E-state index contributed by atoms with van der Waals surface area (Å²) in [5, 5.41) is 26.2. The third kappa shape index (κ3) is 3.48. The smallest absolute Gasteiger partial charge is 0.350 e. The predicted molar refractivity (Wildman–Crippen MR) is 82.2 cm³/mol. The Morgan fingerprint density at radius 3 is 2.46 bits per heavy atom. The summed E-state index contributed by atoms with van der Waals surface area (Å²) in [6, 6.07) is 4.75. The van der Waals surface area contributed by atoms with Gasteiger partial charge in [0.25, 0.3) is 0 Å². The first kappa shape index (κ1) is 16.9. The van der Waals surface area contributed by atoms with Gasteiger partial charge in [0, 0.05) is 5.69 Å². The fraction of sp³-hybridized carbons (Fsp3) is 0.214. The molecule has 1 aromatic carbocycles. The van der Waals surface area contributed by atoms with E-state index in [0.29, 0.717) is 5.69 Å². The first-order valence-electron chi connectivity index (χ1n) is 6.75. The summed E-state index contributed by atoms with van der Waals surface area (Å²) in [4.78, 5) is 33.2. The van der Waals surface area contributed by atoms with Crippen LogP contribution >= 0.6 is 0 Å². The Bertz CT molecular complexity index is 783. The molecule has 1 amide bonds. The highest BCUT2D eigenvalue weighted by Gasteiger charge is 2.25. The van der Waals surface area contributed by atoms with Crippen LogP contribution in [0.5, 0.6) is 5.88 Å². The average Bonchev–Trinajstić information content (AvgIpc) is 2.99. The van der Waals surface area contributed by atoms with Crippen molar-refractivity contribution in [1.82, 2.24) is 9.78 Å². The van der Waals surface area contributed by atoms with Crippen molar-refractivity contribution < 1.29 is 24.4 Å². The number of nitrogens with one attached hydrogen (secondary N) is 1. The highest BCUT2D eigenvalue weighted by atomic mass is 16.6. The van der Waals surface area contributed by atoms with Gasteiger partial charge in [0.05, 0.1) is 17.6 Å². The Hall–Kier alpha value is -3.43. The lowest BCUT2D eigenvalue weighted by Gasteiger charge is -2.12. The van der Waals surface area contributed by atoms with Crippen LogP contribution < -0.4 is 10.1 Å². The molecule has 1 aromatic heterocycles. The number of amides is 1. The molecule has 0 radical (unpaired) electrons. The van der Waals surface area contributed by atoms with Crippen LogP contribution in [-0.4, -0.2) is 38.8 Å². The molecule has 2 aromatic rings. The number of carboxylic acids is 1. The van der Waals surface area contributed by atoms with Crippen molar-refractivity contribution >= 4 is 23.3 Å². The number of ether oxygens (including phenoxy) is 1. The van der Waals surface area contributed by atoms with E-state index < -0.39 is 22.8 Å². The third-order valence-electron chi connectivity index (χ3n) is 3.25. The number of carbonyl (C=O) groups is 2. The summed E-state index contributed by atoms with van der Waals surface area (Å²) in [6.45, 7) is 1.51. The molecule has 10 nitrogen and oxygen atoms in total. The summed E-state index contributed by atoms with van der Waals surface area (Å²) in [7, 11) is 1.24. The average molecular weight is 334 g/mol. The van der Waals surface area contributed by atoms with Gasteiger partial charge < -0.3 is 15.2 Å². The number of aromatic carboxylic acids is 1. The molecule has 2 N–H and O–H groups in total. The maximum Gasteiger partial charge on any atom is 0.350 e. The predicted octanol–water partition coefficient (Wildman–Crippen LogP) is 1.70. The van der Waals surface area contributed by atoms with Gasteiger partial charge in [-0.1, -0.05) is 0 Å². The number of rotatable bonds is 6. The van der Waals surface area contributed by atoms with Crippen molar-refractivity contribution in [2.75, 3.05) is 12.4 Å². The maximum absolute atomic E-state index is 12.2. The second-order valence-corrected chi connectivity index (χ2v) is 4.81. The van der Waals surface area contributed by atoms with E-state index in [1.807, 2.05) is 0 Å². The van der Waals surface area contributed by atoms with E-state index in [1.54, 1.807) is 0 Å². The molecule has 0 spiro atoms. The standard InChI is InChI=1S/C14H14N4O6/c1-8(17-7-11(18(22)23)13(16-17)24-2)12(19)15-10-5-3-9(4-6-10)14(20)21/h3-8H,1-2H3,(H,15,19)(H,20,21)/t8-/m0/s1. The lowest BCUT2D eigenvalue weighted by atomic mass is 10.2. The van der Waals surface area contributed by atoms with Crippen molar-refractivity contribution in [3.8, 4) is 5.88 Å². The van der Waals surface area contributed by atoms with Crippen LogP contribution in [0, 0.1) is 10.1 Å². The molecule has 0 saturated carbocycles. The number of aromatic nitrogens is 2. The Balaban J connectivity index is 2.14. The number of nitrogens with zero attached hydrogens (tertiary/aromatic N) is 3. The summed E-state index contributed by atoms with van der Waals surface area (Å²) in [5.41, 5.74) is 0.141. The number of carboxylic acid groups (broad SMARTS) is 1. The monoisotopic (exact) mass is 334 g/mol. The second-order valence-electron chi connectivity index (χ2n) is 4.81. The number of methoxy groups -OCH3 is 1. The highest BCUT2D eigenvalue weighted by Crippen LogP contribution is 2.26. The fourth-order valence-corrected chi connectivity index (χ4v) is 1.90. The molecule has 0 bridgehead atoms. The van der Waals surface area contributed by atoms with E-state index in [9.17, 15) is 19.7 Å². The third-order valence-corrected chi connectivity index (χ3v) is 3.25. The Kier molecular flexibility index (Phi) is 4.78. The van der Waals surface area contributed by atoms with Crippen LogP contribution in [0.15, 0.2) is 30.5 Å². The van der Waals surface area contributed by atoms with Crippen LogP contribution in [0.3, 0.4) is 0 Å². The Morgan fingerprint density at radius 2 is 2.00 bits per heavy atom. The Morgan fingerprint density at radius 1 is 1.38 bits per heavy atom. The van der Waals surface area contributed by atoms with Crippen LogP contribution in [-0.2, 0) is 4.79 Å². The summed E-state index contributed by atoms with van der Waals surface area (Å²) < 4.78 is 5.93. The minimum atomic E-state index is -1.07. The Labute approximate surface area is 135 Å². The van der Waals surface area contributed by atoms with Gasteiger partial charge >= 0.3 is 17.5 Å². The lowest BCUT2D eigenvalue weighted by Crippen LogP contribution is -2.24. The van der Waals surface area contributed by atoms with E-state index >= 15 is 0 Å². The van der Waals surface area contributed by atoms with Crippen LogP contribution in [0.1, 0.15) is 23.3 Å². The van der Waals surface area contributed by atoms with E-state index in [0.717, 1.165) is 10.9 Å². The fourth-order valence-electron chi connectivity index (χ4n) is 1.90. The molecule has 10 heteroatoms. The van der Waals surface area contributed by atoms with E-state index in [-0.39, 0.29) is 17.1 Å². The van der Waals surface area contributed by atoms with Crippen molar-refractivity contribution in [2.45, 2.75) is 13.0 Å². The number of hydrogen-bond donors (Lipinski definition) is 2. The second kappa shape index (κ2) is 6.77. The van der Waals surface area contributed by atoms with Gasteiger partial charge in [0.15, 0.2) is 0 Å². The molecule has 0 aliphatic carbocycles. The van der Waals surface area contributed by atoms with Crippen molar-refractivity contribution in [1.29, 1.82) is 0 Å². The van der Waals surface area contributed by atoms with Gasteiger partial charge in [0.2, 0.25) is 5.91 Å². The molecule has 0 aliphatic heterocycles. The van der Waals surface area contributed by atoms with Gasteiger partial charge in [-0.2, -0.15) is 0 Å². The number of hydrogen-bond acceptors (Lipinski definition) is 6. The molecule has 1 atom stereocenters. The largest absolute Gasteiger partial charge is 0.478 e. The lowest BCUT2D eigenvalue weighted by molar-refractivity contribution is -0.385. The molecular formula is C14H14N4O6. The zero-order valence-electron chi connectivity index (χ0n) is 12.8. The number of benzene rings is 1. The first-order chi connectivity index (χ1) is 11.3. The summed E-state index contributed by atoms with van der Waals surface area (Å²) in [6.07, 6.45) is 1.11. The number of carbonyl (C=O) groups excluding carboxylic acids is 1. The molecule has 126 valence electrons.